The van der Waals surface area contributed by atoms with Gasteiger partial charge in [0.25, 0.3) is 5.91 Å². The molecule has 1 aliphatic rings. The Labute approximate surface area is 155 Å². The van der Waals surface area contributed by atoms with Gasteiger partial charge in [0, 0.05) is 24.1 Å². The molecule has 138 valence electrons. The maximum absolute atomic E-state index is 13.2. The zero-order valence-corrected chi connectivity index (χ0v) is 15.5. The van der Waals surface area contributed by atoms with E-state index < -0.39 is 6.23 Å². The molecule has 0 aromatic heterocycles. The quantitative estimate of drug-likeness (QED) is 0.809. The Kier molecular flexibility index (Phi) is 6.07. The van der Waals surface area contributed by atoms with Crippen molar-refractivity contribution in [2.24, 2.45) is 5.92 Å². The fraction of sp³-hybridized carbons (Fsp3) is 0.409. The summed E-state index contributed by atoms with van der Waals surface area (Å²) < 4.78 is 0. The topological polar surface area (TPSA) is 52.6 Å². The second kappa shape index (κ2) is 8.47. The summed E-state index contributed by atoms with van der Waals surface area (Å²) in [6.45, 7) is 4.76. The molecule has 2 aromatic carbocycles. The molecule has 0 radical (unpaired) electrons. The van der Waals surface area contributed by atoms with Crippen LogP contribution in [0.4, 0.5) is 0 Å². The summed E-state index contributed by atoms with van der Waals surface area (Å²) in [5.41, 5.74) is 1.77. The number of aliphatic hydroxyl groups excluding tert-OH is 1. The van der Waals surface area contributed by atoms with E-state index in [2.05, 4.69) is 17.4 Å². The fourth-order valence-electron chi connectivity index (χ4n) is 3.87. The molecule has 0 saturated carbocycles. The molecule has 1 aliphatic heterocycles. The lowest BCUT2D eigenvalue weighted by molar-refractivity contribution is -0.0112. The van der Waals surface area contributed by atoms with Gasteiger partial charge in [-0.05, 0) is 44.4 Å². The minimum atomic E-state index is -0.647. The standard InChI is InChI=1S/C22H28N2O2/c1-16(2)23-21(25)19-14-9-15-24(20(19)17-10-5-3-6-11-17)22(26)18-12-7-4-8-13-18/h3-8,10-13,16,19-21,23,25H,9,14-15H2,1-2H3/t19-,20-,21?/m0/s1. The highest BCUT2D eigenvalue weighted by atomic mass is 16.3. The van der Waals surface area contributed by atoms with Crippen molar-refractivity contribution in [3.05, 3.63) is 71.8 Å². The molecule has 2 N–H and O–H groups in total. The highest BCUT2D eigenvalue weighted by Crippen LogP contribution is 2.38. The maximum atomic E-state index is 13.2. The minimum absolute atomic E-state index is 0.0286. The molecule has 1 amide bonds. The molecule has 0 aliphatic carbocycles. The van der Waals surface area contributed by atoms with Crippen molar-refractivity contribution in [1.29, 1.82) is 0 Å². The van der Waals surface area contributed by atoms with Crippen LogP contribution in [-0.2, 0) is 0 Å². The van der Waals surface area contributed by atoms with Crippen LogP contribution in [0.25, 0.3) is 0 Å². The Morgan fingerprint density at radius 2 is 1.69 bits per heavy atom. The molecule has 0 spiro atoms. The summed E-state index contributed by atoms with van der Waals surface area (Å²) in [5.74, 6) is -0.0119. The normalized spacial score (nSPS) is 21.6. The monoisotopic (exact) mass is 352 g/mol. The van der Waals surface area contributed by atoms with Gasteiger partial charge in [-0.15, -0.1) is 0 Å². The van der Waals surface area contributed by atoms with E-state index in [9.17, 15) is 9.90 Å². The van der Waals surface area contributed by atoms with E-state index in [4.69, 9.17) is 0 Å². The van der Waals surface area contributed by atoms with E-state index in [-0.39, 0.29) is 23.9 Å². The highest BCUT2D eigenvalue weighted by Gasteiger charge is 2.39. The van der Waals surface area contributed by atoms with Gasteiger partial charge in [-0.1, -0.05) is 48.5 Å². The lowest BCUT2D eigenvalue weighted by Gasteiger charge is -2.44. The van der Waals surface area contributed by atoms with Crippen molar-refractivity contribution in [1.82, 2.24) is 10.2 Å². The van der Waals surface area contributed by atoms with E-state index in [1.807, 2.05) is 67.3 Å². The van der Waals surface area contributed by atoms with Crippen LogP contribution >= 0.6 is 0 Å². The summed E-state index contributed by atoms with van der Waals surface area (Å²) >= 11 is 0. The van der Waals surface area contributed by atoms with Gasteiger partial charge in [0.1, 0.15) is 6.23 Å². The molecule has 0 bridgehead atoms. The molecule has 4 heteroatoms. The van der Waals surface area contributed by atoms with Gasteiger partial charge in [0.15, 0.2) is 0 Å². The van der Waals surface area contributed by atoms with Crippen LogP contribution in [-0.4, -0.2) is 34.7 Å². The lowest BCUT2D eigenvalue weighted by atomic mass is 9.82. The van der Waals surface area contributed by atoms with Gasteiger partial charge in [-0.2, -0.15) is 0 Å². The summed E-state index contributed by atoms with van der Waals surface area (Å²) in [5, 5.41) is 14.0. The summed E-state index contributed by atoms with van der Waals surface area (Å²) in [7, 11) is 0. The first-order valence-corrected chi connectivity index (χ1v) is 9.43. The summed E-state index contributed by atoms with van der Waals surface area (Å²) in [6, 6.07) is 19.5. The molecule has 4 nitrogen and oxygen atoms in total. The van der Waals surface area contributed by atoms with Crippen molar-refractivity contribution in [3.63, 3.8) is 0 Å². The molecule has 2 aromatic rings. The number of aliphatic hydroxyl groups is 1. The second-order valence-corrected chi connectivity index (χ2v) is 7.29. The number of nitrogens with one attached hydrogen (secondary N) is 1. The van der Waals surface area contributed by atoms with E-state index in [1.165, 1.54) is 0 Å². The molecule has 1 saturated heterocycles. The third-order valence-electron chi connectivity index (χ3n) is 5.01. The number of nitrogens with zero attached hydrogens (tertiary/aromatic N) is 1. The Morgan fingerprint density at radius 1 is 1.08 bits per heavy atom. The molecular formula is C22H28N2O2. The number of piperidine rings is 1. The van der Waals surface area contributed by atoms with E-state index in [1.54, 1.807) is 0 Å². The van der Waals surface area contributed by atoms with Crippen LogP contribution in [0.1, 0.15) is 48.7 Å². The van der Waals surface area contributed by atoms with Crippen LogP contribution in [0, 0.1) is 5.92 Å². The largest absolute Gasteiger partial charge is 0.378 e. The van der Waals surface area contributed by atoms with Gasteiger partial charge in [0.05, 0.1) is 6.04 Å². The van der Waals surface area contributed by atoms with Crippen molar-refractivity contribution in [2.75, 3.05) is 6.54 Å². The number of likely N-dealkylation sites (tertiary alicyclic amines) is 1. The van der Waals surface area contributed by atoms with Gasteiger partial charge >= 0.3 is 0 Å². The minimum Gasteiger partial charge on any atom is -0.378 e. The lowest BCUT2D eigenvalue weighted by Crippen LogP contribution is -2.51. The second-order valence-electron chi connectivity index (χ2n) is 7.29. The first kappa shape index (κ1) is 18.6. The van der Waals surface area contributed by atoms with Crippen LogP contribution in [0.15, 0.2) is 60.7 Å². The summed E-state index contributed by atoms with van der Waals surface area (Å²) in [4.78, 5) is 15.1. The Hall–Kier alpha value is -2.17. The number of carbonyl (C=O) groups is 1. The number of amides is 1. The number of benzene rings is 2. The molecule has 3 rings (SSSR count). The average Bonchev–Trinajstić information content (AvgIpc) is 2.67. The number of hydrogen-bond donors (Lipinski definition) is 2. The van der Waals surface area contributed by atoms with Crippen molar-refractivity contribution in [2.45, 2.75) is 45.0 Å². The van der Waals surface area contributed by atoms with Gasteiger partial charge in [-0.25, -0.2) is 0 Å². The van der Waals surface area contributed by atoms with Crippen LogP contribution in [0.3, 0.4) is 0 Å². The van der Waals surface area contributed by atoms with Crippen LogP contribution < -0.4 is 5.32 Å². The molecule has 1 unspecified atom stereocenters. The molecule has 26 heavy (non-hydrogen) atoms. The van der Waals surface area contributed by atoms with E-state index in [0.717, 1.165) is 18.4 Å². The predicted octanol–water partition coefficient (Wildman–Crippen LogP) is 3.60. The van der Waals surface area contributed by atoms with Crippen LogP contribution in [0.5, 0.6) is 0 Å². The maximum Gasteiger partial charge on any atom is 0.254 e. The predicted molar refractivity (Wildman–Crippen MR) is 104 cm³/mol. The Morgan fingerprint density at radius 3 is 2.31 bits per heavy atom. The SMILES string of the molecule is CC(C)NC(O)[C@H]1CCCN(C(=O)c2ccccc2)[C@H]1c1ccccc1. The van der Waals surface area contributed by atoms with Gasteiger partial charge < -0.3 is 10.0 Å². The van der Waals surface area contributed by atoms with Crippen molar-refractivity contribution < 1.29 is 9.90 Å². The fourth-order valence-corrected chi connectivity index (χ4v) is 3.87. The first-order chi connectivity index (χ1) is 12.6. The third-order valence-corrected chi connectivity index (χ3v) is 5.01. The Bertz CT molecular complexity index is 703. The van der Waals surface area contributed by atoms with E-state index >= 15 is 0 Å². The van der Waals surface area contributed by atoms with Crippen LogP contribution in [0.2, 0.25) is 0 Å². The van der Waals surface area contributed by atoms with Crippen molar-refractivity contribution in [3.8, 4) is 0 Å². The zero-order valence-electron chi connectivity index (χ0n) is 15.5. The van der Waals surface area contributed by atoms with Gasteiger partial charge in [-0.3, -0.25) is 10.1 Å². The molecule has 1 fully saturated rings. The Balaban J connectivity index is 1.95. The summed E-state index contributed by atoms with van der Waals surface area (Å²) in [6.07, 6.45) is 1.13. The van der Waals surface area contributed by atoms with E-state index in [0.29, 0.717) is 12.1 Å². The van der Waals surface area contributed by atoms with Gasteiger partial charge in [0.2, 0.25) is 0 Å². The highest BCUT2D eigenvalue weighted by molar-refractivity contribution is 5.94. The molecule has 3 atom stereocenters. The number of rotatable bonds is 5. The number of carbonyl (C=O) groups excluding carboxylic acids is 1. The number of hydrogen-bond acceptors (Lipinski definition) is 3. The molecular weight excluding hydrogens is 324 g/mol. The molecule has 1 heterocycles. The zero-order chi connectivity index (χ0) is 18.5. The van der Waals surface area contributed by atoms with Crippen molar-refractivity contribution >= 4 is 5.91 Å². The smallest absolute Gasteiger partial charge is 0.254 e. The third kappa shape index (κ3) is 4.14. The average molecular weight is 352 g/mol. The first-order valence-electron chi connectivity index (χ1n) is 9.43.